The monoisotopic (exact) mass is 325 g/mol. The van der Waals surface area contributed by atoms with Crippen LogP contribution in [0.15, 0.2) is 67.0 Å². The molecule has 23 heavy (non-hydrogen) atoms. The lowest BCUT2D eigenvalue weighted by atomic mass is 10.1. The molecule has 0 saturated carbocycles. The highest BCUT2D eigenvalue weighted by atomic mass is 35.5. The van der Waals surface area contributed by atoms with Crippen LogP contribution in [0.4, 0.5) is 0 Å². The molecule has 116 valence electrons. The van der Waals surface area contributed by atoms with Gasteiger partial charge in [-0.2, -0.15) is 5.10 Å². The first-order valence-corrected chi connectivity index (χ1v) is 7.69. The normalized spacial score (nSPS) is 10.5. The summed E-state index contributed by atoms with van der Waals surface area (Å²) < 4.78 is 1.86. The Hall–Kier alpha value is -2.59. The Morgan fingerprint density at radius 3 is 2.52 bits per heavy atom. The van der Waals surface area contributed by atoms with Gasteiger partial charge in [-0.15, -0.1) is 0 Å². The molecule has 0 fully saturated rings. The molecule has 0 aliphatic rings. The van der Waals surface area contributed by atoms with Gasteiger partial charge in [0.15, 0.2) is 0 Å². The molecule has 1 aromatic heterocycles. The molecule has 0 aliphatic heterocycles. The maximum Gasteiger partial charge on any atom is 0.253 e. The quantitative estimate of drug-likeness (QED) is 0.780. The van der Waals surface area contributed by atoms with Gasteiger partial charge < -0.3 is 5.32 Å². The molecule has 0 unspecified atom stereocenters. The number of hydrogen-bond acceptors (Lipinski definition) is 2. The van der Waals surface area contributed by atoms with Crippen molar-refractivity contribution < 1.29 is 4.79 Å². The molecule has 0 aliphatic carbocycles. The largest absolute Gasteiger partial charge is 0.348 e. The number of amides is 1. The van der Waals surface area contributed by atoms with E-state index in [4.69, 9.17) is 11.6 Å². The number of benzene rings is 2. The molecule has 5 heteroatoms. The van der Waals surface area contributed by atoms with Gasteiger partial charge in [-0.25, -0.2) is 0 Å². The van der Waals surface area contributed by atoms with E-state index in [0.717, 1.165) is 11.1 Å². The highest BCUT2D eigenvalue weighted by molar-refractivity contribution is 6.33. The molecule has 0 saturated heterocycles. The number of aromatic nitrogens is 2. The molecule has 1 heterocycles. The van der Waals surface area contributed by atoms with Crippen LogP contribution in [0.3, 0.4) is 0 Å². The van der Waals surface area contributed by atoms with E-state index in [1.54, 1.807) is 30.5 Å². The maximum absolute atomic E-state index is 12.3. The van der Waals surface area contributed by atoms with Crippen molar-refractivity contribution in [3.63, 3.8) is 0 Å². The number of rotatable bonds is 5. The highest BCUT2D eigenvalue weighted by Gasteiger charge is 2.10. The molecule has 1 amide bonds. The van der Waals surface area contributed by atoms with Crippen LogP contribution in [0.2, 0.25) is 5.02 Å². The molecule has 2 aromatic carbocycles. The number of nitrogens with one attached hydrogen (secondary N) is 1. The summed E-state index contributed by atoms with van der Waals surface area (Å²) in [5.74, 6) is -0.176. The minimum Gasteiger partial charge on any atom is -0.348 e. The van der Waals surface area contributed by atoms with Gasteiger partial charge in [0.05, 0.1) is 17.1 Å². The van der Waals surface area contributed by atoms with Gasteiger partial charge in [-0.3, -0.25) is 9.48 Å². The second kappa shape index (κ2) is 7.11. The van der Waals surface area contributed by atoms with Crippen LogP contribution >= 0.6 is 11.6 Å². The summed E-state index contributed by atoms with van der Waals surface area (Å²) in [6, 6.07) is 16.9. The van der Waals surface area contributed by atoms with Gasteiger partial charge in [-0.05, 0) is 29.3 Å². The van der Waals surface area contributed by atoms with E-state index in [2.05, 4.69) is 10.4 Å². The number of carbonyl (C=O) groups is 1. The molecule has 3 aromatic rings. The summed E-state index contributed by atoms with van der Waals surface area (Å²) in [7, 11) is 0. The molecule has 0 spiro atoms. The van der Waals surface area contributed by atoms with Crippen molar-refractivity contribution in [1.29, 1.82) is 0 Å². The summed E-state index contributed by atoms with van der Waals surface area (Å²) >= 11 is 6.05. The van der Waals surface area contributed by atoms with Crippen molar-refractivity contribution in [1.82, 2.24) is 15.1 Å². The highest BCUT2D eigenvalue weighted by Crippen LogP contribution is 2.15. The predicted octanol–water partition coefficient (Wildman–Crippen LogP) is 3.51. The molecular formula is C18H16ClN3O. The van der Waals surface area contributed by atoms with E-state index < -0.39 is 0 Å². The Labute approximate surface area is 139 Å². The minimum absolute atomic E-state index is 0.176. The van der Waals surface area contributed by atoms with Crippen molar-refractivity contribution in [2.75, 3.05) is 0 Å². The van der Waals surface area contributed by atoms with E-state index >= 15 is 0 Å². The second-order valence-corrected chi connectivity index (χ2v) is 5.54. The van der Waals surface area contributed by atoms with Crippen LogP contribution in [0.5, 0.6) is 0 Å². The van der Waals surface area contributed by atoms with Crippen molar-refractivity contribution in [3.05, 3.63) is 88.7 Å². The smallest absolute Gasteiger partial charge is 0.253 e. The maximum atomic E-state index is 12.3. The summed E-state index contributed by atoms with van der Waals surface area (Å²) in [6.45, 7) is 1.12. The fraction of sp³-hybridized carbons (Fsp3) is 0.111. The zero-order valence-corrected chi connectivity index (χ0v) is 13.2. The van der Waals surface area contributed by atoms with Crippen molar-refractivity contribution in [3.8, 4) is 0 Å². The predicted molar refractivity (Wildman–Crippen MR) is 90.4 cm³/mol. The number of carbonyl (C=O) groups excluding carboxylic acids is 1. The number of hydrogen-bond donors (Lipinski definition) is 1. The Morgan fingerprint density at radius 1 is 1.04 bits per heavy atom. The summed E-state index contributed by atoms with van der Waals surface area (Å²) in [5.41, 5.74) is 2.66. The molecule has 1 N–H and O–H groups in total. The van der Waals surface area contributed by atoms with E-state index in [9.17, 15) is 4.79 Å². The van der Waals surface area contributed by atoms with Gasteiger partial charge in [0.1, 0.15) is 0 Å². The fourth-order valence-electron chi connectivity index (χ4n) is 2.37. The molecule has 0 atom stereocenters. The minimum atomic E-state index is -0.176. The molecular weight excluding hydrogens is 310 g/mol. The SMILES string of the molecule is O=C(NCc1ccccc1Cn1cccn1)c1ccccc1Cl. The standard InChI is InChI=1S/C18H16ClN3O/c19-17-9-4-3-8-16(17)18(23)20-12-14-6-1-2-7-15(14)13-22-11-5-10-21-22/h1-11H,12-13H2,(H,20,23). The first-order valence-electron chi connectivity index (χ1n) is 7.31. The zero-order valence-electron chi connectivity index (χ0n) is 12.4. The Bertz CT molecular complexity index is 800. The van der Waals surface area contributed by atoms with Crippen molar-refractivity contribution >= 4 is 17.5 Å². The van der Waals surface area contributed by atoms with Gasteiger partial charge in [-0.1, -0.05) is 48.0 Å². The zero-order chi connectivity index (χ0) is 16.1. The van der Waals surface area contributed by atoms with Gasteiger partial charge in [0.25, 0.3) is 5.91 Å². The van der Waals surface area contributed by atoms with Crippen LogP contribution in [-0.2, 0) is 13.1 Å². The molecule has 4 nitrogen and oxygen atoms in total. The summed E-state index contributed by atoms with van der Waals surface area (Å²) in [5, 5.41) is 7.60. The van der Waals surface area contributed by atoms with Crippen molar-refractivity contribution in [2.24, 2.45) is 0 Å². The van der Waals surface area contributed by atoms with Crippen LogP contribution in [0, 0.1) is 0 Å². The first kappa shape index (κ1) is 15.3. The topological polar surface area (TPSA) is 46.9 Å². The average molecular weight is 326 g/mol. The third kappa shape index (κ3) is 3.79. The fourth-order valence-corrected chi connectivity index (χ4v) is 2.59. The average Bonchev–Trinajstić information content (AvgIpc) is 3.07. The first-order chi connectivity index (χ1) is 11.2. The van der Waals surface area contributed by atoms with E-state index in [-0.39, 0.29) is 5.91 Å². The van der Waals surface area contributed by atoms with Gasteiger partial charge in [0, 0.05) is 18.9 Å². The molecule has 3 rings (SSSR count). The number of halogens is 1. The van der Waals surface area contributed by atoms with Crippen LogP contribution in [0.25, 0.3) is 0 Å². The van der Waals surface area contributed by atoms with Crippen LogP contribution in [0.1, 0.15) is 21.5 Å². The summed E-state index contributed by atoms with van der Waals surface area (Å²) in [4.78, 5) is 12.3. The van der Waals surface area contributed by atoms with E-state index in [0.29, 0.717) is 23.7 Å². The molecule has 0 bridgehead atoms. The van der Waals surface area contributed by atoms with Gasteiger partial charge in [0.2, 0.25) is 0 Å². The van der Waals surface area contributed by atoms with Crippen molar-refractivity contribution in [2.45, 2.75) is 13.1 Å². The summed E-state index contributed by atoms with van der Waals surface area (Å²) in [6.07, 6.45) is 3.67. The molecule has 0 radical (unpaired) electrons. The lowest BCUT2D eigenvalue weighted by Gasteiger charge is -2.11. The number of nitrogens with zero attached hydrogens (tertiary/aromatic N) is 2. The lowest BCUT2D eigenvalue weighted by molar-refractivity contribution is 0.0951. The lowest BCUT2D eigenvalue weighted by Crippen LogP contribution is -2.24. The van der Waals surface area contributed by atoms with Crippen LogP contribution < -0.4 is 5.32 Å². The van der Waals surface area contributed by atoms with E-state index in [1.165, 1.54) is 0 Å². The van der Waals surface area contributed by atoms with Gasteiger partial charge >= 0.3 is 0 Å². The third-order valence-corrected chi connectivity index (χ3v) is 3.90. The third-order valence-electron chi connectivity index (χ3n) is 3.57. The van der Waals surface area contributed by atoms with E-state index in [1.807, 2.05) is 41.2 Å². The Kier molecular flexibility index (Phi) is 4.74. The second-order valence-electron chi connectivity index (χ2n) is 5.13. The van der Waals surface area contributed by atoms with Crippen LogP contribution in [-0.4, -0.2) is 15.7 Å². The Balaban J connectivity index is 1.71. The Morgan fingerprint density at radius 2 is 1.78 bits per heavy atom.